The van der Waals surface area contributed by atoms with Gasteiger partial charge < -0.3 is 20.4 Å². The van der Waals surface area contributed by atoms with Gasteiger partial charge in [0.25, 0.3) is 5.91 Å². The van der Waals surface area contributed by atoms with E-state index in [0.29, 0.717) is 42.1 Å². The van der Waals surface area contributed by atoms with Crippen molar-refractivity contribution in [2.45, 2.75) is 76.7 Å². The Morgan fingerprint density at radius 2 is 2.00 bits per heavy atom. The fourth-order valence-electron chi connectivity index (χ4n) is 5.15. The Kier molecular flexibility index (Phi) is 7.48. The number of nitrogens with zero attached hydrogens (tertiary/aromatic N) is 3. The van der Waals surface area contributed by atoms with Crippen molar-refractivity contribution in [1.29, 1.82) is 0 Å². The maximum atomic E-state index is 13.5. The minimum absolute atomic E-state index is 0.125. The van der Waals surface area contributed by atoms with Crippen LogP contribution in [0, 0.1) is 0 Å². The lowest BCUT2D eigenvalue weighted by molar-refractivity contribution is -0.156. The third-order valence-electron chi connectivity index (χ3n) is 7.20. The van der Waals surface area contributed by atoms with Gasteiger partial charge in [0.15, 0.2) is 5.60 Å². The van der Waals surface area contributed by atoms with Crippen molar-refractivity contribution in [1.82, 2.24) is 20.1 Å². The number of carboxylic acid groups (broad SMARTS) is 1. The standard InChI is InChI=1S/C27H33ClN4O5/c1-26(2,3)32(25(35)36)16-18-8-9-20(28)14-19(18)15-30-23(33)21-7-5-13-31(21)24(34)27(37)11-10-17-6-4-12-29-22(17)27/h4,6,8-9,12,14,21,37H,5,7,10-11,13,15-16H2,1-3H3,(H,30,33)(H,35,36)/t21-,27?/m0/s1. The molecule has 2 heterocycles. The lowest BCUT2D eigenvalue weighted by atomic mass is 9.98. The Balaban J connectivity index is 1.48. The van der Waals surface area contributed by atoms with Gasteiger partial charge in [-0.1, -0.05) is 23.7 Å². The Morgan fingerprint density at radius 1 is 1.24 bits per heavy atom. The van der Waals surface area contributed by atoms with E-state index in [1.807, 2.05) is 26.8 Å². The zero-order valence-corrected chi connectivity index (χ0v) is 22.1. The van der Waals surface area contributed by atoms with Crippen LogP contribution >= 0.6 is 11.6 Å². The highest BCUT2D eigenvalue weighted by Gasteiger charge is 2.50. The van der Waals surface area contributed by atoms with Gasteiger partial charge in [-0.2, -0.15) is 0 Å². The first-order valence-corrected chi connectivity index (χ1v) is 12.8. The second-order valence-electron chi connectivity index (χ2n) is 10.7. The van der Waals surface area contributed by atoms with E-state index in [2.05, 4.69) is 10.3 Å². The summed E-state index contributed by atoms with van der Waals surface area (Å²) in [4.78, 5) is 45.6. The second kappa shape index (κ2) is 10.3. The molecule has 10 heteroatoms. The van der Waals surface area contributed by atoms with E-state index in [9.17, 15) is 24.6 Å². The maximum absolute atomic E-state index is 13.5. The monoisotopic (exact) mass is 528 g/mol. The second-order valence-corrected chi connectivity index (χ2v) is 11.1. The number of fused-ring (bicyclic) bond motifs is 1. The van der Waals surface area contributed by atoms with E-state index < -0.39 is 29.2 Å². The third-order valence-corrected chi connectivity index (χ3v) is 7.43. The van der Waals surface area contributed by atoms with Crippen LogP contribution in [0.5, 0.6) is 0 Å². The summed E-state index contributed by atoms with van der Waals surface area (Å²) in [6, 6.07) is 8.09. The molecule has 1 saturated heterocycles. The van der Waals surface area contributed by atoms with Gasteiger partial charge in [-0.3, -0.25) is 19.5 Å². The van der Waals surface area contributed by atoms with Gasteiger partial charge in [-0.15, -0.1) is 0 Å². The summed E-state index contributed by atoms with van der Waals surface area (Å²) < 4.78 is 0. The van der Waals surface area contributed by atoms with Crippen LogP contribution in [0.4, 0.5) is 4.79 Å². The van der Waals surface area contributed by atoms with E-state index in [0.717, 1.165) is 11.1 Å². The first kappa shape index (κ1) is 26.9. The predicted octanol–water partition coefficient (Wildman–Crippen LogP) is 3.45. The number of aliphatic hydroxyl groups is 1. The van der Waals surface area contributed by atoms with Crippen LogP contribution in [0.2, 0.25) is 5.02 Å². The molecule has 1 fully saturated rings. The number of likely N-dealkylation sites (tertiary alicyclic amines) is 1. The number of aryl methyl sites for hydroxylation is 1. The van der Waals surface area contributed by atoms with E-state index in [1.54, 1.807) is 30.5 Å². The van der Waals surface area contributed by atoms with Gasteiger partial charge >= 0.3 is 6.09 Å². The van der Waals surface area contributed by atoms with Gasteiger partial charge in [0.05, 0.1) is 5.69 Å². The maximum Gasteiger partial charge on any atom is 0.408 e. The summed E-state index contributed by atoms with van der Waals surface area (Å²) in [7, 11) is 0. The first-order chi connectivity index (χ1) is 17.4. The molecular formula is C27H33ClN4O5. The molecule has 1 aliphatic heterocycles. The van der Waals surface area contributed by atoms with Crippen molar-refractivity contribution < 1.29 is 24.6 Å². The molecule has 0 saturated carbocycles. The minimum atomic E-state index is -1.73. The van der Waals surface area contributed by atoms with Crippen LogP contribution in [0.3, 0.4) is 0 Å². The Morgan fingerprint density at radius 3 is 2.70 bits per heavy atom. The Hall–Kier alpha value is -3.17. The number of benzene rings is 1. The minimum Gasteiger partial charge on any atom is -0.465 e. The average molecular weight is 529 g/mol. The van der Waals surface area contributed by atoms with Crippen molar-refractivity contribution in [3.05, 3.63) is 63.9 Å². The normalized spacial score (nSPS) is 21.0. The van der Waals surface area contributed by atoms with Crippen molar-refractivity contribution in [3.8, 4) is 0 Å². The van der Waals surface area contributed by atoms with Gasteiger partial charge in [0.1, 0.15) is 6.04 Å². The highest BCUT2D eigenvalue weighted by molar-refractivity contribution is 6.30. The lowest BCUT2D eigenvalue weighted by Gasteiger charge is -2.34. The van der Waals surface area contributed by atoms with Gasteiger partial charge in [-0.25, -0.2) is 4.79 Å². The van der Waals surface area contributed by atoms with E-state index in [1.165, 1.54) is 9.80 Å². The molecule has 3 N–H and O–H groups in total. The number of nitrogens with one attached hydrogen (secondary N) is 1. The van der Waals surface area contributed by atoms with Crippen LogP contribution in [0.15, 0.2) is 36.5 Å². The molecule has 0 spiro atoms. The third kappa shape index (κ3) is 5.43. The van der Waals surface area contributed by atoms with E-state index in [4.69, 9.17) is 11.6 Å². The lowest BCUT2D eigenvalue weighted by Crippen LogP contribution is -2.52. The van der Waals surface area contributed by atoms with Crippen LogP contribution in [0.25, 0.3) is 0 Å². The summed E-state index contributed by atoms with van der Waals surface area (Å²) in [6.45, 7) is 6.08. The summed E-state index contributed by atoms with van der Waals surface area (Å²) in [5, 5.41) is 24.4. The summed E-state index contributed by atoms with van der Waals surface area (Å²) in [5.41, 5.74) is 0.288. The number of hydrogen-bond acceptors (Lipinski definition) is 5. The number of carbonyl (C=O) groups is 3. The van der Waals surface area contributed by atoms with Crippen LogP contribution < -0.4 is 5.32 Å². The van der Waals surface area contributed by atoms with Gasteiger partial charge in [0.2, 0.25) is 5.91 Å². The molecule has 0 bridgehead atoms. The number of pyridine rings is 1. The van der Waals surface area contributed by atoms with E-state index in [-0.39, 0.29) is 25.4 Å². The van der Waals surface area contributed by atoms with Crippen molar-refractivity contribution in [3.63, 3.8) is 0 Å². The summed E-state index contributed by atoms with van der Waals surface area (Å²) >= 11 is 6.21. The highest BCUT2D eigenvalue weighted by Crippen LogP contribution is 2.38. The highest BCUT2D eigenvalue weighted by atomic mass is 35.5. The van der Waals surface area contributed by atoms with E-state index >= 15 is 0 Å². The topological polar surface area (TPSA) is 123 Å². The number of carbonyl (C=O) groups excluding carboxylic acids is 2. The molecule has 4 rings (SSSR count). The molecule has 0 radical (unpaired) electrons. The zero-order chi connectivity index (χ0) is 27.0. The number of rotatable bonds is 6. The van der Waals surface area contributed by atoms with Crippen molar-refractivity contribution >= 4 is 29.5 Å². The average Bonchev–Trinajstić information content (AvgIpc) is 3.46. The molecule has 2 aliphatic rings. The SMILES string of the molecule is CC(C)(C)N(Cc1ccc(Cl)cc1CNC(=O)[C@@H]1CCCN1C(=O)C1(O)CCc2cccnc21)C(=O)O. The van der Waals surface area contributed by atoms with Crippen LogP contribution in [-0.4, -0.2) is 61.0 Å². The predicted molar refractivity (Wildman–Crippen MR) is 138 cm³/mol. The van der Waals surface area contributed by atoms with Gasteiger partial charge in [0, 0.05) is 36.4 Å². The number of amides is 3. The number of hydrogen-bond donors (Lipinski definition) is 3. The number of halogens is 1. The molecule has 2 aromatic rings. The summed E-state index contributed by atoms with van der Waals surface area (Å²) in [5.74, 6) is -0.821. The zero-order valence-electron chi connectivity index (χ0n) is 21.3. The molecule has 1 aromatic carbocycles. The fourth-order valence-corrected chi connectivity index (χ4v) is 5.35. The Bertz CT molecular complexity index is 1210. The first-order valence-electron chi connectivity index (χ1n) is 12.4. The van der Waals surface area contributed by atoms with Crippen LogP contribution in [0.1, 0.15) is 62.4 Å². The molecule has 1 aromatic heterocycles. The quantitative estimate of drug-likeness (QED) is 0.527. The Labute approximate surface area is 221 Å². The largest absolute Gasteiger partial charge is 0.465 e. The van der Waals surface area contributed by atoms with Crippen molar-refractivity contribution in [2.75, 3.05) is 6.54 Å². The number of aromatic nitrogens is 1. The molecule has 198 valence electrons. The smallest absolute Gasteiger partial charge is 0.408 e. The summed E-state index contributed by atoms with van der Waals surface area (Å²) in [6.07, 6.45) is 2.44. The van der Waals surface area contributed by atoms with Gasteiger partial charge in [-0.05, 0) is 81.3 Å². The molecule has 2 atom stereocenters. The van der Waals surface area contributed by atoms with Crippen molar-refractivity contribution in [2.24, 2.45) is 0 Å². The van der Waals surface area contributed by atoms with Crippen LogP contribution in [-0.2, 0) is 34.7 Å². The fraction of sp³-hybridized carbons (Fsp3) is 0.481. The molecule has 1 aliphatic carbocycles. The molecule has 9 nitrogen and oxygen atoms in total. The molecular weight excluding hydrogens is 496 g/mol. The molecule has 1 unspecified atom stereocenters. The molecule has 37 heavy (non-hydrogen) atoms. The molecule has 3 amide bonds.